The third kappa shape index (κ3) is 5.20. The van der Waals surface area contributed by atoms with Gasteiger partial charge in [-0.25, -0.2) is 19.6 Å². The SMILES string of the molecule is CC(C)(C)OC(=O)N1CCC[C@@H](n2c(=O)n(-c3ccc(OCc4ccccc4)nc3)c3c(N)nccc32)C1. The van der Waals surface area contributed by atoms with Gasteiger partial charge < -0.3 is 20.1 Å². The molecule has 0 radical (unpaired) electrons. The first-order valence-corrected chi connectivity index (χ1v) is 12.7. The Hall–Kier alpha value is -4.34. The molecule has 0 saturated carbocycles. The highest BCUT2D eigenvalue weighted by molar-refractivity contribution is 5.87. The molecule has 1 atom stereocenters. The normalized spacial score (nSPS) is 16.0. The fourth-order valence-electron chi connectivity index (χ4n) is 4.76. The molecule has 4 heterocycles. The number of likely N-dealkylation sites (tertiary alicyclic amines) is 1. The number of ether oxygens (including phenoxy) is 2. The molecule has 1 aromatic carbocycles. The molecule has 198 valence electrons. The van der Waals surface area contributed by atoms with Crippen molar-refractivity contribution in [2.45, 2.75) is 51.9 Å². The van der Waals surface area contributed by atoms with E-state index in [-0.39, 0.29) is 23.6 Å². The number of pyridine rings is 2. The van der Waals surface area contributed by atoms with Gasteiger partial charge in [-0.3, -0.25) is 9.13 Å². The molecule has 1 aliphatic heterocycles. The zero-order chi connectivity index (χ0) is 26.9. The Bertz CT molecular complexity index is 1490. The summed E-state index contributed by atoms with van der Waals surface area (Å²) in [6, 6.07) is 14.9. The lowest BCUT2D eigenvalue weighted by molar-refractivity contribution is 0.0173. The van der Waals surface area contributed by atoms with Crippen LogP contribution in [-0.2, 0) is 11.3 Å². The third-order valence-corrected chi connectivity index (χ3v) is 6.43. The summed E-state index contributed by atoms with van der Waals surface area (Å²) >= 11 is 0. The van der Waals surface area contributed by atoms with Gasteiger partial charge in [-0.2, -0.15) is 0 Å². The van der Waals surface area contributed by atoms with E-state index in [0.717, 1.165) is 18.4 Å². The van der Waals surface area contributed by atoms with Crippen LogP contribution < -0.4 is 16.2 Å². The Morgan fingerprint density at radius 1 is 1.11 bits per heavy atom. The van der Waals surface area contributed by atoms with E-state index < -0.39 is 5.60 Å². The highest BCUT2D eigenvalue weighted by Crippen LogP contribution is 2.29. The summed E-state index contributed by atoms with van der Waals surface area (Å²) in [6.45, 7) is 6.85. The smallest absolute Gasteiger partial charge is 0.410 e. The fraction of sp³-hybridized carbons (Fsp3) is 0.357. The Labute approximate surface area is 220 Å². The lowest BCUT2D eigenvalue weighted by atomic mass is 10.1. The second-order valence-electron chi connectivity index (χ2n) is 10.4. The molecular formula is C28H32N6O4. The third-order valence-electron chi connectivity index (χ3n) is 6.43. The summed E-state index contributed by atoms with van der Waals surface area (Å²) in [4.78, 5) is 37.0. The van der Waals surface area contributed by atoms with Gasteiger partial charge in [0, 0.05) is 25.4 Å². The van der Waals surface area contributed by atoms with E-state index in [9.17, 15) is 9.59 Å². The zero-order valence-corrected chi connectivity index (χ0v) is 21.8. The highest BCUT2D eigenvalue weighted by Gasteiger charge is 2.31. The van der Waals surface area contributed by atoms with E-state index >= 15 is 0 Å². The van der Waals surface area contributed by atoms with Crippen LogP contribution in [0.2, 0.25) is 0 Å². The van der Waals surface area contributed by atoms with E-state index in [1.165, 1.54) is 4.57 Å². The molecular weight excluding hydrogens is 484 g/mol. The summed E-state index contributed by atoms with van der Waals surface area (Å²) in [5.74, 6) is 0.684. The second-order valence-corrected chi connectivity index (χ2v) is 10.4. The largest absolute Gasteiger partial charge is 0.473 e. The van der Waals surface area contributed by atoms with Crippen LogP contribution in [0, 0.1) is 0 Å². The molecule has 0 aliphatic carbocycles. The Morgan fingerprint density at radius 3 is 2.61 bits per heavy atom. The first-order valence-electron chi connectivity index (χ1n) is 12.7. The lowest BCUT2D eigenvalue weighted by Gasteiger charge is -2.34. The topological polar surface area (TPSA) is 118 Å². The standard InChI is InChI=1S/C28H32N6O4/c1-28(2,3)38-27(36)32-15-7-10-21(17-32)33-22-13-14-30-25(29)24(22)34(26(33)35)20-11-12-23(31-16-20)37-18-19-8-5-4-6-9-19/h4-6,8-9,11-14,16,21H,7,10,15,17-18H2,1-3H3,(H2,29,30)/t21-/m1/s1. The first kappa shape index (κ1) is 25.3. The first-order chi connectivity index (χ1) is 18.2. The number of nitrogens with zero attached hydrogens (tertiary/aromatic N) is 5. The number of nitrogens with two attached hydrogens (primary N) is 1. The molecule has 3 aromatic heterocycles. The van der Waals surface area contributed by atoms with Gasteiger partial charge in [-0.15, -0.1) is 0 Å². The van der Waals surface area contributed by atoms with Crippen molar-refractivity contribution in [2.24, 2.45) is 0 Å². The number of nitrogen functional groups attached to an aromatic ring is 1. The number of hydrogen-bond donors (Lipinski definition) is 1. The summed E-state index contributed by atoms with van der Waals surface area (Å²) in [5, 5.41) is 0. The number of fused-ring (bicyclic) bond motifs is 1. The maximum atomic E-state index is 13.9. The van der Waals surface area contributed by atoms with Crippen LogP contribution >= 0.6 is 0 Å². The number of anilines is 1. The summed E-state index contributed by atoms with van der Waals surface area (Å²) in [7, 11) is 0. The minimum atomic E-state index is -0.596. The summed E-state index contributed by atoms with van der Waals surface area (Å²) < 4.78 is 14.6. The van der Waals surface area contributed by atoms with Crippen LogP contribution in [0.4, 0.5) is 10.6 Å². The molecule has 0 bridgehead atoms. The Kier molecular flexibility index (Phi) is 6.79. The molecule has 0 unspecified atom stereocenters. The van der Waals surface area contributed by atoms with Gasteiger partial charge in [0.05, 0.1) is 23.4 Å². The van der Waals surface area contributed by atoms with Crippen molar-refractivity contribution < 1.29 is 14.3 Å². The quantitative estimate of drug-likeness (QED) is 0.420. The monoisotopic (exact) mass is 516 g/mol. The number of amides is 1. The molecule has 1 aliphatic rings. The van der Waals surface area contributed by atoms with Crippen LogP contribution in [0.3, 0.4) is 0 Å². The lowest BCUT2D eigenvalue weighted by Crippen LogP contribution is -2.45. The van der Waals surface area contributed by atoms with Gasteiger partial charge in [0.2, 0.25) is 5.88 Å². The molecule has 10 nitrogen and oxygen atoms in total. The van der Waals surface area contributed by atoms with Crippen molar-refractivity contribution in [3.63, 3.8) is 0 Å². The summed E-state index contributed by atoms with van der Waals surface area (Å²) in [6.07, 6.45) is 4.29. The maximum Gasteiger partial charge on any atom is 0.410 e. The van der Waals surface area contributed by atoms with Crippen molar-refractivity contribution >= 4 is 22.9 Å². The van der Waals surface area contributed by atoms with Crippen molar-refractivity contribution in [2.75, 3.05) is 18.8 Å². The maximum absolute atomic E-state index is 13.9. The second kappa shape index (κ2) is 10.2. The van der Waals surface area contributed by atoms with Gasteiger partial charge in [-0.05, 0) is 51.3 Å². The average molecular weight is 517 g/mol. The van der Waals surface area contributed by atoms with E-state index in [2.05, 4.69) is 9.97 Å². The number of carbonyl (C=O) groups excluding carboxylic acids is 1. The molecule has 10 heteroatoms. The van der Waals surface area contributed by atoms with Crippen LogP contribution in [-0.4, -0.2) is 48.8 Å². The number of imidazole rings is 1. The fourth-order valence-corrected chi connectivity index (χ4v) is 4.76. The summed E-state index contributed by atoms with van der Waals surface area (Å²) in [5.41, 5.74) is 8.16. The molecule has 4 aromatic rings. The Balaban J connectivity index is 1.46. The predicted octanol–water partition coefficient (Wildman–Crippen LogP) is 4.32. The highest BCUT2D eigenvalue weighted by atomic mass is 16.6. The number of aromatic nitrogens is 4. The number of rotatable bonds is 5. The minimum absolute atomic E-state index is 0.238. The predicted molar refractivity (Wildman–Crippen MR) is 144 cm³/mol. The van der Waals surface area contributed by atoms with Crippen LogP contribution in [0.15, 0.2) is 65.7 Å². The van der Waals surface area contributed by atoms with E-state index in [1.807, 2.05) is 51.1 Å². The van der Waals surface area contributed by atoms with Crippen LogP contribution in [0.5, 0.6) is 5.88 Å². The zero-order valence-electron chi connectivity index (χ0n) is 21.8. The van der Waals surface area contributed by atoms with E-state index in [4.69, 9.17) is 15.2 Å². The van der Waals surface area contributed by atoms with Gasteiger partial charge in [0.15, 0.2) is 0 Å². The molecule has 1 saturated heterocycles. The number of piperidine rings is 1. The van der Waals surface area contributed by atoms with E-state index in [0.29, 0.717) is 42.3 Å². The van der Waals surface area contributed by atoms with Gasteiger partial charge in [0.1, 0.15) is 23.5 Å². The van der Waals surface area contributed by atoms with E-state index in [1.54, 1.807) is 40.1 Å². The molecule has 2 N–H and O–H groups in total. The average Bonchev–Trinajstić information content (AvgIpc) is 3.20. The van der Waals surface area contributed by atoms with Crippen LogP contribution in [0.25, 0.3) is 16.7 Å². The van der Waals surface area contributed by atoms with Crippen LogP contribution in [0.1, 0.15) is 45.2 Å². The van der Waals surface area contributed by atoms with Gasteiger partial charge in [0.25, 0.3) is 0 Å². The Morgan fingerprint density at radius 2 is 1.89 bits per heavy atom. The molecule has 38 heavy (non-hydrogen) atoms. The number of benzene rings is 1. The molecule has 1 amide bonds. The minimum Gasteiger partial charge on any atom is -0.473 e. The van der Waals surface area contributed by atoms with Gasteiger partial charge in [-0.1, -0.05) is 30.3 Å². The molecule has 1 fully saturated rings. The van der Waals surface area contributed by atoms with Crippen molar-refractivity contribution in [1.82, 2.24) is 24.0 Å². The number of hydrogen-bond acceptors (Lipinski definition) is 7. The van der Waals surface area contributed by atoms with Crippen molar-refractivity contribution in [3.05, 3.63) is 77.0 Å². The van der Waals surface area contributed by atoms with Crippen molar-refractivity contribution in [1.29, 1.82) is 0 Å². The molecule has 0 spiro atoms. The van der Waals surface area contributed by atoms with Gasteiger partial charge >= 0.3 is 11.8 Å². The number of carbonyl (C=O) groups is 1. The van der Waals surface area contributed by atoms with Crippen molar-refractivity contribution in [3.8, 4) is 11.6 Å². The molecule has 5 rings (SSSR count).